The smallest absolute Gasteiger partial charge is 0.260 e. The molecule has 0 aliphatic heterocycles. The summed E-state index contributed by atoms with van der Waals surface area (Å²) in [6, 6.07) is 20.8. The Morgan fingerprint density at radius 1 is 0.960 bits per heavy atom. The van der Waals surface area contributed by atoms with Crippen molar-refractivity contribution in [2.24, 2.45) is 0 Å². The summed E-state index contributed by atoms with van der Waals surface area (Å²) >= 11 is 5.89. The van der Waals surface area contributed by atoms with E-state index in [2.05, 4.69) is 5.32 Å². The molecule has 0 unspecified atom stereocenters. The van der Waals surface area contributed by atoms with E-state index in [0.717, 1.165) is 5.56 Å². The predicted octanol–water partition coefficient (Wildman–Crippen LogP) is 5.31. The molecule has 0 saturated heterocycles. The van der Waals surface area contributed by atoms with Crippen LogP contribution in [0.15, 0.2) is 72.8 Å². The third kappa shape index (κ3) is 4.37. The number of halogens is 2. The van der Waals surface area contributed by atoms with Gasteiger partial charge in [0.05, 0.1) is 10.6 Å². The Kier molecular flexibility index (Phi) is 5.31. The summed E-state index contributed by atoms with van der Waals surface area (Å²) in [5, 5.41) is 2.69. The number of carbonyl (C=O) groups is 1. The van der Waals surface area contributed by atoms with Crippen molar-refractivity contribution in [1.82, 2.24) is 0 Å². The van der Waals surface area contributed by atoms with Crippen LogP contribution in [0.3, 0.4) is 0 Å². The minimum Gasteiger partial charge on any atom is -0.489 e. The Bertz CT molecular complexity index is 846. The minimum absolute atomic E-state index is 0.0697. The Balaban J connectivity index is 1.63. The highest BCUT2D eigenvalue weighted by Crippen LogP contribution is 2.22. The monoisotopic (exact) mass is 355 g/mol. The second-order valence-electron chi connectivity index (χ2n) is 5.35. The normalized spacial score (nSPS) is 10.3. The highest BCUT2D eigenvalue weighted by Gasteiger charge is 2.15. The average Bonchev–Trinajstić information content (AvgIpc) is 2.62. The van der Waals surface area contributed by atoms with E-state index in [-0.39, 0.29) is 10.6 Å². The molecule has 0 aliphatic carbocycles. The van der Waals surface area contributed by atoms with Crippen LogP contribution >= 0.6 is 11.6 Å². The standard InChI is InChI=1S/C20H15ClFNO2/c21-17-7-4-8-18(22)19(17)20(24)23-15-9-11-16(12-10-15)25-13-14-5-2-1-3-6-14/h1-12H,13H2,(H,23,24). The summed E-state index contributed by atoms with van der Waals surface area (Å²) in [6.45, 7) is 0.456. The van der Waals surface area contributed by atoms with Gasteiger partial charge in [-0.2, -0.15) is 0 Å². The zero-order valence-electron chi connectivity index (χ0n) is 13.2. The van der Waals surface area contributed by atoms with E-state index in [1.165, 1.54) is 18.2 Å². The lowest BCUT2D eigenvalue weighted by Crippen LogP contribution is -2.14. The van der Waals surface area contributed by atoms with Crippen molar-refractivity contribution >= 4 is 23.2 Å². The van der Waals surface area contributed by atoms with E-state index < -0.39 is 11.7 Å². The molecule has 3 aromatic carbocycles. The van der Waals surface area contributed by atoms with E-state index in [9.17, 15) is 9.18 Å². The van der Waals surface area contributed by atoms with E-state index >= 15 is 0 Å². The van der Waals surface area contributed by atoms with Gasteiger partial charge < -0.3 is 10.1 Å². The zero-order chi connectivity index (χ0) is 17.6. The van der Waals surface area contributed by atoms with Gasteiger partial charge in [0.2, 0.25) is 0 Å². The fourth-order valence-electron chi connectivity index (χ4n) is 2.28. The number of hydrogen-bond acceptors (Lipinski definition) is 2. The van der Waals surface area contributed by atoms with Gasteiger partial charge in [-0.3, -0.25) is 4.79 Å². The van der Waals surface area contributed by atoms with Gasteiger partial charge in [-0.25, -0.2) is 4.39 Å². The SMILES string of the molecule is O=C(Nc1ccc(OCc2ccccc2)cc1)c1c(F)cccc1Cl. The van der Waals surface area contributed by atoms with Crippen LogP contribution in [-0.4, -0.2) is 5.91 Å². The fourth-order valence-corrected chi connectivity index (χ4v) is 2.53. The number of hydrogen-bond donors (Lipinski definition) is 1. The number of carbonyl (C=O) groups excluding carboxylic acids is 1. The molecule has 3 aromatic rings. The van der Waals surface area contributed by atoms with E-state index in [0.29, 0.717) is 18.0 Å². The first-order valence-corrected chi connectivity index (χ1v) is 8.03. The van der Waals surface area contributed by atoms with Gasteiger partial charge in [0.25, 0.3) is 5.91 Å². The maximum Gasteiger partial charge on any atom is 0.260 e. The molecule has 0 saturated carbocycles. The summed E-state index contributed by atoms with van der Waals surface area (Å²) in [5.74, 6) is -0.584. The second-order valence-corrected chi connectivity index (χ2v) is 5.76. The molecule has 0 bridgehead atoms. The largest absolute Gasteiger partial charge is 0.489 e. The van der Waals surface area contributed by atoms with Crippen LogP contribution in [0.25, 0.3) is 0 Å². The molecule has 0 aromatic heterocycles. The van der Waals surface area contributed by atoms with Crippen molar-refractivity contribution < 1.29 is 13.9 Å². The number of nitrogens with one attached hydrogen (secondary N) is 1. The highest BCUT2D eigenvalue weighted by molar-refractivity contribution is 6.34. The maximum absolute atomic E-state index is 13.8. The van der Waals surface area contributed by atoms with Crippen LogP contribution in [0.4, 0.5) is 10.1 Å². The Labute approximate surface area is 150 Å². The van der Waals surface area contributed by atoms with Crippen LogP contribution < -0.4 is 10.1 Å². The van der Waals surface area contributed by atoms with Gasteiger partial charge in [0.15, 0.2) is 0 Å². The molecule has 1 amide bonds. The van der Waals surface area contributed by atoms with Gasteiger partial charge in [0, 0.05) is 5.69 Å². The molecule has 0 radical (unpaired) electrons. The lowest BCUT2D eigenvalue weighted by Gasteiger charge is -2.09. The van der Waals surface area contributed by atoms with Crippen molar-refractivity contribution in [1.29, 1.82) is 0 Å². The van der Waals surface area contributed by atoms with Gasteiger partial charge >= 0.3 is 0 Å². The predicted molar refractivity (Wildman–Crippen MR) is 96.6 cm³/mol. The molecule has 0 atom stereocenters. The van der Waals surface area contributed by atoms with Crippen molar-refractivity contribution in [3.8, 4) is 5.75 Å². The van der Waals surface area contributed by atoms with Crippen LogP contribution in [0.5, 0.6) is 5.75 Å². The Hall–Kier alpha value is -2.85. The lowest BCUT2D eigenvalue weighted by molar-refractivity contribution is 0.102. The number of benzene rings is 3. The van der Waals surface area contributed by atoms with E-state index in [4.69, 9.17) is 16.3 Å². The van der Waals surface area contributed by atoms with Crippen LogP contribution in [0, 0.1) is 5.82 Å². The molecule has 5 heteroatoms. The number of anilines is 1. The third-order valence-electron chi connectivity index (χ3n) is 3.55. The van der Waals surface area contributed by atoms with E-state index in [1.807, 2.05) is 30.3 Å². The first-order valence-electron chi connectivity index (χ1n) is 7.65. The average molecular weight is 356 g/mol. The summed E-state index contributed by atoms with van der Waals surface area (Å²) in [7, 11) is 0. The molecule has 0 fully saturated rings. The summed E-state index contributed by atoms with van der Waals surface area (Å²) in [5.41, 5.74) is 1.42. The van der Waals surface area contributed by atoms with Gasteiger partial charge in [-0.1, -0.05) is 48.0 Å². The molecule has 0 spiro atoms. The van der Waals surface area contributed by atoms with Gasteiger partial charge in [-0.05, 0) is 42.0 Å². The van der Waals surface area contributed by atoms with Crippen molar-refractivity contribution in [3.05, 3.63) is 94.8 Å². The molecule has 1 N–H and O–H groups in total. The quantitative estimate of drug-likeness (QED) is 0.673. The topological polar surface area (TPSA) is 38.3 Å². The first-order chi connectivity index (χ1) is 12.1. The van der Waals surface area contributed by atoms with Gasteiger partial charge in [-0.15, -0.1) is 0 Å². The summed E-state index contributed by atoms with van der Waals surface area (Å²) in [6.07, 6.45) is 0. The molecular weight excluding hydrogens is 341 g/mol. The molecule has 3 rings (SSSR count). The Morgan fingerprint density at radius 3 is 2.36 bits per heavy atom. The summed E-state index contributed by atoms with van der Waals surface area (Å²) < 4.78 is 19.4. The number of ether oxygens (including phenoxy) is 1. The van der Waals surface area contributed by atoms with Crippen LogP contribution in [-0.2, 0) is 6.61 Å². The second kappa shape index (κ2) is 7.81. The maximum atomic E-state index is 13.8. The zero-order valence-corrected chi connectivity index (χ0v) is 14.0. The molecular formula is C20H15ClFNO2. The Morgan fingerprint density at radius 2 is 1.68 bits per heavy atom. The minimum atomic E-state index is -0.659. The molecule has 25 heavy (non-hydrogen) atoms. The van der Waals surface area contributed by atoms with Crippen molar-refractivity contribution in [2.75, 3.05) is 5.32 Å². The molecule has 0 heterocycles. The molecule has 3 nitrogen and oxygen atoms in total. The highest BCUT2D eigenvalue weighted by atomic mass is 35.5. The number of amides is 1. The molecule has 0 aliphatic rings. The first kappa shape index (κ1) is 17.0. The van der Waals surface area contributed by atoms with Crippen LogP contribution in [0.2, 0.25) is 5.02 Å². The van der Waals surface area contributed by atoms with Crippen LogP contribution in [0.1, 0.15) is 15.9 Å². The molecule has 126 valence electrons. The summed E-state index contributed by atoms with van der Waals surface area (Å²) in [4.78, 5) is 12.2. The fraction of sp³-hybridized carbons (Fsp3) is 0.0500. The lowest BCUT2D eigenvalue weighted by atomic mass is 10.2. The number of rotatable bonds is 5. The van der Waals surface area contributed by atoms with Crippen molar-refractivity contribution in [2.45, 2.75) is 6.61 Å². The third-order valence-corrected chi connectivity index (χ3v) is 3.87. The van der Waals surface area contributed by atoms with Gasteiger partial charge in [0.1, 0.15) is 18.2 Å². The van der Waals surface area contributed by atoms with Crippen molar-refractivity contribution in [3.63, 3.8) is 0 Å². The van der Waals surface area contributed by atoms with E-state index in [1.54, 1.807) is 24.3 Å².